The Morgan fingerprint density at radius 1 is 1.20 bits per heavy atom. The number of carbonyl (C=O) groups excluding carboxylic acids is 2. The summed E-state index contributed by atoms with van der Waals surface area (Å²) in [7, 11) is 0. The van der Waals surface area contributed by atoms with Crippen molar-refractivity contribution in [1.82, 2.24) is 0 Å². The molecule has 0 aromatic heterocycles. The number of hydrogen-bond acceptors (Lipinski definition) is 3. The maximum atomic E-state index is 11.9. The average Bonchev–Trinajstić information content (AvgIpc) is 2.30. The van der Waals surface area contributed by atoms with E-state index in [1.54, 1.807) is 26.8 Å². The molecular weight excluding hydrogens is 254 g/mol. The van der Waals surface area contributed by atoms with E-state index in [1.807, 2.05) is 19.1 Å². The topological polar surface area (TPSA) is 84.2 Å². The van der Waals surface area contributed by atoms with Gasteiger partial charge < -0.3 is 16.4 Å². The summed E-state index contributed by atoms with van der Waals surface area (Å²) in [6.45, 7) is 7.29. The molecule has 4 N–H and O–H groups in total. The maximum Gasteiger partial charge on any atom is 0.226 e. The van der Waals surface area contributed by atoms with Crippen LogP contribution in [-0.4, -0.2) is 17.4 Å². The zero-order valence-corrected chi connectivity index (χ0v) is 12.5. The lowest BCUT2D eigenvalue weighted by Gasteiger charge is -2.18. The number of hydrogen-bond donors (Lipinski definition) is 3. The fourth-order valence-electron chi connectivity index (χ4n) is 1.69. The van der Waals surface area contributed by atoms with Crippen LogP contribution in [0.2, 0.25) is 0 Å². The normalized spacial score (nSPS) is 11.1. The van der Waals surface area contributed by atoms with Gasteiger partial charge in [-0.3, -0.25) is 9.59 Å². The fourth-order valence-corrected chi connectivity index (χ4v) is 1.69. The number of amides is 2. The quantitative estimate of drug-likeness (QED) is 0.772. The lowest BCUT2D eigenvalue weighted by molar-refractivity contribution is -0.117. The van der Waals surface area contributed by atoms with Gasteiger partial charge in [0, 0.05) is 29.8 Å². The van der Waals surface area contributed by atoms with Crippen molar-refractivity contribution in [2.75, 3.05) is 10.6 Å². The van der Waals surface area contributed by atoms with E-state index in [9.17, 15) is 9.59 Å². The molecule has 0 saturated heterocycles. The molecule has 0 aliphatic heterocycles. The molecule has 0 aliphatic rings. The smallest absolute Gasteiger partial charge is 0.226 e. The lowest BCUT2D eigenvalue weighted by Crippen LogP contribution is -2.36. The molecule has 0 radical (unpaired) electrons. The largest absolute Gasteiger partial charge is 0.326 e. The van der Waals surface area contributed by atoms with Crippen LogP contribution in [-0.2, 0) is 9.59 Å². The molecule has 0 bridgehead atoms. The van der Waals surface area contributed by atoms with Crippen LogP contribution in [0.15, 0.2) is 18.2 Å². The van der Waals surface area contributed by atoms with E-state index in [1.165, 1.54) is 0 Å². The van der Waals surface area contributed by atoms with Crippen molar-refractivity contribution < 1.29 is 9.59 Å². The summed E-state index contributed by atoms with van der Waals surface area (Å²) in [5, 5.41) is 5.59. The summed E-state index contributed by atoms with van der Waals surface area (Å²) in [5.74, 6) is -0.200. The van der Waals surface area contributed by atoms with Gasteiger partial charge in [0.05, 0.1) is 0 Å². The number of aryl methyl sites for hydroxylation is 1. The van der Waals surface area contributed by atoms with Gasteiger partial charge in [0.1, 0.15) is 0 Å². The molecule has 0 unspecified atom stereocenters. The monoisotopic (exact) mass is 277 g/mol. The van der Waals surface area contributed by atoms with Gasteiger partial charge in [-0.15, -0.1) is 0 Å². The molecule has 110 valence electrons. The Labute approximate surface area is 119 Å². The second kappa shape index (κ2) is 6.52. The number of nitrogens with one attached hydrogen (secondary N) is 2. The second-order valence-electron chi connectivity index (χ2n) is 5.64. The summed E-state index contributed by atoms with van der Waals surface area (Å²) in [4.78, 5) is 23.3. The highest BCUT2D eigenvalue weighted by Crippen LogP contribution is 2.21. The third-order valence-electron chi connectivity index (χ3n) is 2.73. The first-order chi connectivity index (χ1) is 9.21. The van der Waals surface area contributed by atoms with Gasteiger partial charge in [0.15, 0.2) is 0 Å². The summed E-state index contributed by atoms with van der Waals surface area (Å²) >= 11 is 0. The van der Waals surface area contributed by atoms with Crippen LogP contribution in [0.3, 0.4) is 0 Å². The van der Waals surface area contributed by atoms with Crippen molar-refractivity contribution in [3.05, 3.63) is 23.8 Å². The molecule has 1 aromatic rings. The molecule has 0 fully saturated rings. The highest BCUT2D eigenvalue weighted by atomic mass is 16.2. The fraction of sp³-hybridized carbons (Fsp3) is 0.467. The van der Waals surface area contributed by atoms with Gasteiger partial charge in [-0.1, -0.05) is 13.0 Å². The van der Waals surface area contributed by atoms with Crippen molar-refractivity contribution in [1.29, 1.82) is 0 Å². The van der Waals surface area contributed by atoms with E-state index in [4.69, 9.17) is 5.73 Å². The van der Waals surface area contributed by atoms with Crippen LogP contribution >= 0.6 is 0 Å². The Bertz CT molecular complexity index is 504. The van der Waals surface area contributed by atoms with Gasteiger partial charge in [0.25, 0.3) is 0 Å². The van der Waals surface area contributed by atoms with Crippen LogP contribution in [0.5, 0.6) is 0 Å². The van der Waals surface area contributed by atoms with Gasteiger partial charge in [0.2, 0.25) is 11.8 Å². The number of nitrogens with two attached hydrogens (primary N) is 1. The van der Waals surface area contributed by atoms with E-state index in [0.717, 1.165) is 5.56 Å². The molecule has 0 saturated carbocycles. The molecule has 0 heterocycles. The zero-order valence-electron chi connectivity index (χ0n) is 12.5. The summed E-state index contributed by atoms with van der Waals surface area (Å²) in [6, 6.07) is 5.42. The Morgan fingerprint density at radius 2 is 1.85 bits per heavy atom. The first-order valence-corrected chi connectivity index (χ1v) is 6.70. The minimum absolute atomic E-state index is 0.0609. The number of anilines is 2. The molecule has 1 rings (SSSR count). The Kier molecular flexibility index (Phi) is 5.27. The minimum Gasteiger partial charge on any atom is -0.326 e. The van der Waals surface area contributed by atoms with Crippen LogP contribution in [0.4, 0.5) is 11.4 Å². The van der Waals surface area contributed by atoms with E-state index in [0.29, 0.717) is 17.8 Å². The third kappa shape index (κ3) is 5.40. The summed E-state index contributed by atoms with van der Waals surface area (Å²) in [5.41, 5.74) is 7.57. The van der Waals surface area contributed by atoms with Gasteiger partial charge >= 0.3 is 0 Å². The predicted octanol–water partition coefficient (Wildman–Crippen LogP) is 2.41. The average molecular weight is 277 g/mol. The van der Waals surface area contributed by atoms with E-state index < -0.39 is 5.54 Å². The molecule has 0 spiro atoms. The number of rotatable bonds is 5. The molecular formula is C15H23N3O2. The Balaban J connectivity index is 2.81. The SMILES string of the molecule is CCC(=O)Nc1ccc(C)c(NC(=O)CC(C)(C)N)c1. The molecule has 2 amide bonds. The molecule has 0 atom stereocenters. The van der Waals surface area contributed by atoms with Crippen molar-refractivity contribution >= 4 is 23.2 Å². The van der Waals surface area contributed by atoms with Gasteiger partial charge in [-0.25, -0.2) is 0 Å². The van der Waals surface area contributed by atoms with Crippen LogP contribution < -0.4 is 16.4 Å². The highest BCUT2D eigenvalue weighted by molar-refractivity contribution is 5.95. The van der Waals surface area contributed by atoms with Gasteiger partial charge in [-0.2, -0.15) is 0 Å². The van der Waals surface area contributed by atoms with Crippen LogP contribution in [0, 0.1) is 6.92 Å². The maximum absolute atomic E-state index is 11.9. The molecule has 0 aliphatic carbocycles. The standard InChI is InChI=1S/C15H23N3O2/c1-5-13(19)17-11-7-6-10(2)12(8-11)18-14(20)9-15(3,4)16/h6-8H,5,9,16H2,1-4H3,(H,17,19)(H,18,20). The third-order valence-corrected chi connectivity index (χ3v) is 2.73. The van der Waals surface area contributed by atoms with Gasteiger partial charge in [-0.05, 0) is 38.5 Å². The lowest BCUT2D eigenvalue weighted by atomic mass is 10.0. The second-order valence-corrected chi connectivity index (χ2v) is 5.64. The van der Waals surface area contributed by atoms with Crippen molar-refractivity contribution in [2.24, 2.45) is 5.73 Å². The van der Waals surface area contributed by atoms with E-state index in [2.05, 4.69) is 10.6 Å². The number of benzene rings is 1. The van der Waals surface area contributed by atoms with Crippen molar-refractivity contribution in [3.8, 4) is 0 Å². The van der Waals surface area contributed by atoms with E-state index >= 15 is 0 Å². The summed E-state index contributed by atoms with van der Waals surface area (Å²) < 4.78 is 0. The first-order valence-electron chi connectivity index (χ1n) is 6.70. The Hall–Kier alpha value is -1.88. The van der Waals surface area contributed by atoms with Crippen molar-refractivity contribution in [3.63, 3.8) is 0 Å². The highest BCUT2D eigenvalue weighted by Gasteiger charge is 2.17. The predicted molar refractivity (Wildman–Crippen MR) is 81.6 cm³/mol. The van der Waals surface area contributed by atoms with Crippen molar-refractivity contribution in [2.45, 2.75) is 46.1 Å². The first kappa shape index (κ1) is 16.2. The molecule has 1 aromatic carbocycles. The number of carbonyl (C=O) groups is 2. The van der Waals surface area contributed by atoms with Crippen LogP contribution in [0.1, 0.15) is 39.2 Å². The molecule has 5 heteroatoms. The summed E-state index contributed by atoms with van der Waals surface area (Å²) in [6.07, 6.45) is 0.648. The molecule has 20 heavy (non-hydrogen) atoms. The van der Waals surface area contributed by atoms with E-state index in [-0.39, 0.29) is 18.2 Å². The Morgan fingerprint density at radius 3 is 2.40 bits per heavy atom. The minimum atomic E-state index is -0.550. The van der Waals surface area contributed by atoms with Crippen LogP contribution in [0.25, 0.3) is 0 Å². The molecule has 5 nitrogen and oxygen atoms in total. The zero-order chi connectivity index (χ0) is 15.3.